The summed E-state index contributed by atoms with van der Waals surface area (Å²) in [5, 5.41) is 2.71. The second-order valence-corrected chi connectivity index (χ2v) is 6.07. The normalized spacial score (nSPS) is 20.6. The molecule has 1 saturated carbocycles. The molecular weight excluding hydrogens is 278 g/mol. The fourth-order valence-corrected chi connectivity index (χ4v) is 2.88. The number of hydrogen-bond acceptors (Lipinski definition) is 3. The molecule has 22 heavy (non-hydrogen) atoms. The van der Waals surface area contributed by atoms with Crippen molar-refractivity contribution in [2.45, 2.75) is 38.3 Å². The zero-order valence-electron chi connectivity index (χ0n) is 13.1. The van der Waals surface area contributed by atoms with Gasteiger partial charge in [-0.25, -0.2) is 0 Å². The molecule has 1 aliphatic rings. The molecule has 120 valence electrons. The third-order valence-corrected chi connectivity index (χ3v) is 4.29. The van der Waals surface area contributed by atoms with Gasteiger partial charge in [0.25, 0.3) is 0 Å². The maximum absolute atomic E-state index is 12.0. The molecule has 0 aliphatic heterocycles. The predicted octanol–water partition coefficient (Wildman–Crippen LogP) is 1.28. The number of rotatable bonds is 6. The molecule has 0 saturated heterocycles. The Labute approximate surface area is 131 Å². The topological polar surface area (TPSA) is 75.4 Å². The largest absolute Gasteiger partial charge is 0.347 e. The number of carbonyl (C=O) groups excluding carboxylic acids is 2. The summed E-state index contributed by atoms with van der Waals surface area (Å²) in [7, 11) is 1.74. The van der Waals surface area contributed by atoms with Gasteiger partial charge in [0.1, 0.15) is 0 Å². The third-order valence-electron chi connectivity index (χ3n) is 4.29. The van der Waals surface area contributed by atoms with Crippen molar-refractivity contribution in [3.05, 3.63) is 35.9 Å². The molecule has 2 amide bonds. The number of amides is 2. The van der Waals surface area contributed by atoms with E-state index in [2.05, 4.69) is 5.32 Å². The van der Waals surface area contributed by atoms with Crippen molar-refractivity contribution in [3.63, 3.8) is 0 Å². The molecule has 1 aromatic carbocycles. The summed E-state index contributed by atoms with van der Waals surface area (Å²) in [5.74, 6) is 0.0916. The van der Waals surface area contributed by atoms with Crippen LogP contribution in [-0.4, -0.2) is 36.3 Å². The number of likely N-dealkylation sites (N-methyl/N-ethyl adjacent to an activating group) is 1. The molecule has 0 bridgehead atoms. The Balaban J connectivity index is 1.71. The minimum atomic E-state index is -0.0899. The Morgan fingerprint density at radius 3 is 2.64 bits per heavy atom. The lowest BCUT2D eigenvalue weighted by Gasteiger charge is -2.18. The minimum Gasteiger partial charge on any atom is -0.347 e. The van der Waals surface area contributed by atoms with E-state index >= 15 is 0 Å². The first-order valence-electron chi connectivity index (χ1n) is 7.86. The molecule has 2 rings (SSSR count). The molecule has 5 nitrogen and oxygen atoms in total. The summed E-state index contributed by atoms with van der Waals surface area (Å²) in [4.78, 5) is 25.6. The highest BCUT2D eigenvalue weighted by Gasteiger charge is 2.26. The van der Waals surface area contributed by atoms with Crippen LogP contribution in [0.5, 0.6) is 0 Å². The monoisotopic (exact) mass is 303 g/mol. The minimum absolute atomic E-state index is 0.0458. The molecule has 3 N–H and O–H groups in total. The van der Waals surface area contributed by atoms with Gasteiger partial charge in [-0.3, -0.25) is 9.59 Å². The molecule has 1 aliphatic carbocycles. The number of hydrogen-bond donors (Lipinski definition) is 2. The summed E-state index contributed by atoms with van der Waals surface area (Å²) < 4.78 is 0. The summed E-state index contributed by atoms with van der Waals surface area (Å²) >= 11 is 0. The number of benzene rings is 1. The fraction of sp³-hybridized carbons (Fsp3) is 0.529. The third kappa shape index (κ3) is 4.84. The van der Waals surface area contributed by atoms with E-state index < -0.39 is 0 Å². The number of nitrogens with two attached hydrogens (primary N) is 1. The highest BCUT2D eigenvalue weighted by atomic mass is 16.2. The van der Waals surface area contributed by atoms with Crippen LogP contribution in [0, 0.1) is 5.92 Å². The molecule has 5 heteroatoms. The van der Waals surface area contributed by atoms with Crippen LogP contribution >= 0.6 is 0 Å². The van der Waals surface area contributed by atoms with Crippen LogP contribution in [-0.2, 0) is 16.1 Å². The second kappa shape index (κ2) is 7.94. The van der Waals surface area contributed by atoms with Crippen molar-refractivity contribution >= 4 is 11.8 Å². The number of carbonyl (C=O) groups is 2. The van der Waals surface area contributed by atoms with E-state index in [-0.39, 0.29) is 30.3 Å². The van der Waals surface area contributed by atoms with Crippen LogP contribution in [0.25, 0.3) is 0 Å². The Kier molecular flexibility index (Phi) is 5.95. The summed E-state index contributed by atoms with van der Waals surface area (Å²) in [6.45, 7) is 0.590. The van der Waals surface area contributed by atoms with Crippen molar-refractivity contribution < 1.29 is 9.59 Å². The van der Waals surface area contributed by atoms with E-state index in [0.717, 1.165) is 24.8 Å². The molecule has 2 atom stereocenters. The van der Waals surface area contributed by atoms with Crippen molar-refractivity contribution in [1.82, 2.24) is 10.2 Å². The van der Waals surface area contributed by atoms with Gasteiger partial charge in [-0.15, -0.1) is 0 Å². The van der Waals surface area contributed by atoms with Gasteiger partial charge in [0.2, 0.25) is 11.8 Å². The van der Waals surface area contributed by atoms with E-state index in [0.29, 0.717) is 13.0 Å². The van der Waals surface area contributed by atoms with E-state index in [4.69, 9.17) is 5.73 Å². The van der Waals surface area contributed by atoms with E-state index in [9.17, 15) is 9.59 Å². The number of nitrogens with one attached hydrogen (secondary N) is 1. The fourth-order valence-electron chi connectivity index (χ4n) is 2.88. The van der Waals surface area contributed by atoms with Crippen molar-refractivity contribution in [3.8, 4) is 0 Å². The standard InChI is InChI=1S/C17H25N3O2/c1-20(12-13-6-3-2-4-7-13)17(22)11-19-16(21)10-14-8-5-9-15(14)18/h2-4,6-7,14-15H,5,8-12,18H2,1H3,(H,19,21)/t14-,15+/m0/s1. The lowest BCUT2D eigenvalue weighted by atomic mass is 10.00. The zero-order valence-corrected chi connectivity index (χ0v) is 13.1. The first kappa shape index (κ1) is 16.5. The van der Waals surface area contributed by atoms with Gasteiger partial charge >= 0.3 is 0 Å². The Bertz CT molecular complexity index is 504. The molecular formula is C17H25N3O2. The molecule has 0 heterocycles. The van der Waals surface area contributed by atoms with Crippen LogP contribution in [0.4, 0.5) is 0 Å². The second-order valence-electron chi connectivity index (χ2n) is 6.07. The van der Waals surface area contributed by atoms with Gasteiger partial charge in [0, 0.05) is 26.1 Å². The smallest absolute Gasteiger partial charge is 0.242 e. The van der Waals surface area contributed by atoms with E-state index in [1.54, 1.807) is 11.9 Å². The molecule has 0 radical (unpaired) electrons. The SMILES string of the molecule is CN(Cc1ccccc1)C(=O)CNC(=O)C[C@@H]1CCC[C@H]1N. The molecule has 0 aromatic heterocycles. The van der Waals surface area contributed by atoms with Crippen LogP contribution in [0.1, 0.15) is 31.2 Å². The van der Waals surface area contributed by atoms with Crippen molar-refractivity contribution in [1.29, 1.82) is 0 Å². The molecule has 1 aromatic rings. The van der Waals surface area contributed by atoms with Gasteiger partial charge in [-0.05, 0) is 24.3 Å². The zero-order chi connectivity index (χ0) is 15.9. The van der Waals surface area contributed by atoms with Gasteiger partial charge in [-0.2, -0.15) is 0 Å². The number of nitrogens with zero attached hydrogens (tertiary/aromatic N) is 1. The molecule has 1 fully saturated rings. The first-order chi connectivity index (χ1) is 10.6. The highest BCUT2D eigenvalue weighted by molar-refractivity contribution is 5.84. The Morgan fingerprint density at radius 1 is 1.27 bits per heavy atom. The van der Waals surface area contributed by atoms with Gasteiger partial charge in [0.05, 0.1) is 6.54 Å². The van der Waals surface area contributed by atoms with Crippen molar-refractivity contribution in [2.75, 3.05) is 13.6 Å². The first-order valence-corrected chi connectivity index (χ1v) is 7.86. The van der Waals surface area contributed by atoms with Crippen LogP contribution in [0.3, 0.4) is 0 Å². The lowest BCUT2D eigenvalue weighted by Crippen LogP contribution is -2.39. The van der Waals surface area contributed by atoms with Gasteiger partial charge in [0.15, 0.2) is 0 Å². The van der Waals surface area contributed by atoms with E-state index in [1.165, 1.54) is 0 Å². The quantitative estimate of drug-likeness (QED) is 0.831. The maximum Gasteiger partial charge on any atom is 0.242 e. The maximum atomic E-state index is 12.0. The highest BCUT2D eigenvalue weighted by Crippen LogP contribution is 2.26. The van der Waals surface area contributed by atoms with Crippen LogP contribution < -0.4 is 11.1 Å². The average Bonchev–Trinajstić information content (AvgIpc) is 2.91. The Morgan fingerprint density at radius 2 is 2.00 bits per heavy atom. The summed E-state index contributed by atoms with van der Waals surface area (Å²) in [5.41, 5.74) is 7.03. The van der Waals surface area contributed by atoms with Gasteiger partial charge < -0.3 is 16.0 Å². The summed E-state index contributed by atoms with van der Waals surface area (Å²) in [6.07, 6.45) is 3.53. The predicted molar refractivity (Wildman–Crippen MR) is 85.9 cm³/mol. The molecule has 0 unspecified atom stereocenters. The summed E-state index contributed by atoms with van der Waals surface area (Å²) in [6, 6.07) is 9.91. The average molecular weight is 303 g/mol. The van der Waals surface area contributed by atoms with Crippen molar-refractivity contribution in [2.24, 2.45) is 11.7 Å². The van der Waals surface area contributed by atoms with Gasteiger partial charge in [-0.1, -0.05) is 36.8 Å². The lowest BCUT2D eigenvalue weighted by molar-refractivity contribution is -0.132. The molecule has 0 spiro atoms. The van der Waals surface area contributed by atoms with Crippen LogP contribution in [0.15, 0.2) is 30.3 Å². The Hall–Kier alpha value is -1.88. The van der Waals surface area contributed by atoms with Crippen LogP contribution in [0.2, 0.25) is 0 Å². The van der Waals surface area contributed by atoms with E-state index in [1.807, 2.05) is 30.3 Å².